The van der Waals surface area contributed by atoms with E-state index >= 15 is 0 Å². The average molecular weight is 284 g/mol. The summed E-state index contributed by atoms with van der Waals surface area (Å²) in [6.45, 7) is 0. The van der Waals surface area contributed by atoms with Gasteiger partial charge in [-0.25, -0.2) is 0 Å². The van der Waals surface area contributed by atoms with E-state index in [0.29, 0.717) is 16.0 Å². The van der Waals surface area contributed by atoms with E-state index in [1.165, 1.54) is 23.5 Å². The van der Waals surface area contributed by atoms with Crippen LogP contribution in [0.2, 0.25) is 0 Å². The van der Waals surface area contributed by atoms with Crippen molar-refractivity contribution < 1.29 is 17.7 Å². The van der Waals surface area contributed by atoms with Crippen LogP contribution in [-0.2, 0) is 6.18 Å². The van der Waals surface area contributed by atoms with Gasteiger partial charge in [0.1, 0.15) is 0 Å². The molecule has 3 nitrogen and oxygen atoms in total. The fourth-order valence-electron chi connectivity index (χ4n) is 1.75. The molecule has 0 bridgehead atoms. The van der Waals surface area contributed by atoms with Crippen LogP contribution in [0.15, 0.2) is 34.9 Å². The quantitative estimate of drug-likeness (QED) is 0.730. The molecule has 0 aliphatic rings. The number of fused-ring (bicyclic) bond motifs is 1. The van der Waals surface area contributed by atoms with Gasteiger partial charge in [-0.1, -0.05) is 5.16 Å². The summed E-state index contributed by atoms with van der Waals surface area (Å²) >= 11 is 1.33. The first kappa shape index (κ1) is 12.0. The third kappa shape index (κ3) is 2.17. The van der Waals surface area contributed by atoms with Crippen molar-refractivity contribution in [3.8, 4) is 10.6 Å². The maximum Gasteiger partial charge on any atom is 0.416 e. The fraction of sp³-hybridized carbons (Fsp3) is 0.0833. The summed E-state index contributed by atoms with van der Waals surface area (Å²) < 4.78 is 43.6. The Balaban J connectivity index is 2.11. The van der Waals surface area contributed by atoms with Gasteiger partial charge in [0.15, 0.2) is 11.6 Å². The van der Waals surface area contributed by atoms with Gasteiger partial charge in [-0.15, -0.1) is 11.3 Å². The average Bonchev–Trinajstić information content (AvgIpc) is 2.92. The molecule has 3 rings (SSSR count). The highest BCUT2D eigenvalue weighted by Gasteiger charge is 2.30. The predicted molar refractivity (Wildman–Crippen MR) is 66.7 cm³/mol. The van der Waals surface area contributed by atoms with E-state index < -0.39 is 11.7 Å². The summed E-state index contributed by atoms with van der Waals surface area (Å²) in [5.41, 5.74) is 4.78. The Morgan fingerprint density at radius 2 is 1.95 bits per heavy atom. The number of nitrogen functional groups attached to an aromatic ring is 1. The van der Waals surface area contributed by atoms with Crippen LogP contribution in [-0.4, -0.2) is 5.16 Å². The molecule has 0 fully saturated rings. The number of aromatic nitrogens is 1. The molecule has 0 aliphatic carbocycles. The third-order valence-electron chi connectivity index (χ3n) is 2.61. The number of anilines is 1. The lowest BCUT2D eigenvalue weighted by Gasteiger charge is -2.05. The second-order valence-corrected chi connectivity index (χ2v) is 5.06. The number of nitrogens with two attached hydrogens (primary N) is 1. The molecule has 0 amide bonds. The highest BCUT2D eigenvalue weighted by molar-refractivity contribution is 7.22. The smallest absolute Gasteiger partial charge is 0.381 e. The fourth-order valence-corrected chi connectivity index (χ4v) is 2.74. The van der Waals surface area contributed by atoms with Crippen LogP contribution in [0, 0.1) is 0 Å². The van der Waals surface area contributed by atoms with Crippen LogP contribution < -0.4 is 5.73 Å². The molecule has 0 saturated heterocycles. The van der Waals surface area contributed by atoms with Crippen molar-refractivity contribution in [1.82, 2.24) is 5.16 Å². The molecule has 1 aromatic carbocycles. The van der Waals surface area contributed by atoms with E-state index in [-0.39, 0.29) is 5.82 Å². The molecule has 3 aromatic rings. The molecular weight excluding hydrogens is 277 g/mol. The SMILES string of the molecule is Nc1cc(-c2cc3cc(C(F)(F)F)ccc3s2)on1. The van der Waals surface area contributed by atoms with Gasteiger partial charge in [0.2, 0.25) is 0 Å². The summed E-state index contributed by atoms with van der Waals surface area (Å²) in [6.07, 6.45) is -4.34. The molecule has 19 heavy (non-hydrogen) atoms. The van der Waals surface area contributed by atoms with Gasteiger partial charge >= 0.3 is 6.18 Å². The van der Waals surface area contributed by atoms with Crippen molar-refractivity contribution >= 4 is 27.2 Å². The summed E-state index contributed by atoms with van der Waals surface area (Å²) in [5, 5.41) is 4.07. The number of rotatable bonds is 1. The van der Waals surface area contributed by atoms with Crippen LogP contribution in [0.4, 0.5) is 19.0 Å². The van der Waals surface area contributed by atoms with Crippen LogP contribution in [0.3, 0.4) is 0 Å². The van der Waals surface area contributed by atoms with Crippen molar-refractivity contribution in [2.24, 2.45) is 0 Å². The van der Waals surface area contributed by atoms with Crippen LogP contribution >= 0.6 is 11.3 Å². The number of hydrogen-bond donors (Lipinski definition) is 1. The molecule has 7 heteroatoms. The number of hydrogen-bond acceptors (Lipinski definition) is 4. The molecule has 0 spiro atoms. The minimum atomic E-state index is -4.34. The van der Waals surface area contributed by atoms with Gasteiger partial charge in [-0.2, -0.15) is 13.2 Å². The highest BCUT2D eigenvalue weighted by atomic mass is 32.1. The predicted octanol–water partition coefficient (Wildman–Crippen LogP) is 4.16. The standard InChI is InChI=1S/C12H7F3N2OS/c13-12(14,15)7-1-2-9-6(3-7)4-10(19-9)8-5-11(16)17-18-8/h1-5H,(H2,16,17). The van der Waals surface area contributed by atoms with Gasteiger partial charge in [0, 0.05) is 10.8 Å². The zero-order valence-electron chi connectivity index (χ0n) is 9.36. The second kappa shape index (κ2) is 3.99. The summed E-state index contributed by atoms with van der Waals surface area (Å²) in [4.78, 5) is 0.693. The first-order chi connectivity index (χ1) is 8.93. The molecule has 2 N–H and O–H groups in total. The van der Waals surface area contributed by atoms with Crippen LogP contribution in [0.5, 0.6) is 0 Å². The Kier molecular flexibility index (Phi) is 2.53. The van der Waals surface area contributed by atoms with Gasteiger partial charge in [0.25, 0.3) is 0 Å². The van der Waals surface area contributed by atoms with E-state index in [4.69, 9.17) is 10.3 Å². The lowest BCUT2D eigenvalue weighted by Crippen LogP contribution is -2.03. The normalized spacial score (nSPS) is 12.2. The Morgan fingerprint density at radius 1 is 1.16 bits per heavy atom. The van der Waals surface area contributed by atoms with Crippen molar-refractivity contribution in [2.75, 3.05) is 5.73 Å². The van der Waals surface area contributed by atoms with E-state index in [9.17, 15) is 13.2 Å². The molecule has 0 unspecified atom stereocenters. The second-order valence-electron chi connectivity index (χ2n) is 3.98. The van der Waals surface area contributed by atoms with E-state index in [1.807, 2.05) is 0 Å². The minimum Gasteiger partial charge on any atom is -0.381 e. The van der Waals surface area contributed by atoms with Crippen molar-refractivity contribution in [2.45, 2.75) is 6.18 Å². The van der Waals surface area contributed by atoms with Crippen molar-refractivity contribution in [3.63, 3.8) is 0 Å². The van der Waals surface area contributed by atoms with E-state index in [2.05, 4.69) is 5.16 Å². The monoisotopic (exact) mass is 284 g/mol. The maximum atomic E-state index is 12.6. The van der Waals surface area contributed by atoms with E-state index in [1.54, 1.807) is 6.07 Å². The molecular formula is C12H7F3N2OS. The van der Waals surface area contributed by atoms with E-state index in [0.717, 1.165) is 16.8 Å². The Bertz CT molecular complexity index is 745. The zero-order valence-corrected chi connectivity index (χ0v) is 10.2. The molecule has 0 saturated carbocycles. The lowest BCUT2D eigenvalue weighted by atomic mass is 10.1. The lowest BCUT2D eigenvalue weighted by molar-refractivity contribution is -0.137. The first-order valence-electron chi connectivity index (χ1n) is 5.27. The first-order valence-corrected chi connectivity index (χ1v) is 6.08. The number of thiophene rings is 1. The Labute approximate surface area is 109 Å². The number of halogens is 3. The maximum absolute atomic E-state index is 12.6. The summed E-state index contributed by atoms with van der Waals surface area (Å²) in [6, 6.07) is 6.81. The topological polar surface area (TPSA) is 52.0 Å². The van der Waals surface area contributed by atoms with Gasteiger partial charge in [-0.3, -0.25) is 0 Å². The Hall–Kier alpha value is -2.02. The van der Waals surface area contributed by atoms with Gasteiger partial charge in [0.05, 0.1) is 10.4 Å². The number of nitrogens with zero attached hydrogens (tertiary/aromatic N) is 1. The molecule has 0 aliphatic heterocycles. The molecule has 98 valence electrons. The van der Waals surface area contributed by atoms with Crippen LogP contribution in [0.1, 0.15) is 5.56 Å². The molecule has 2 heterocycles. The Morgan fingerprint density at radius 3 is 2.58 bits per heavy atom. The molecule has 0 atom stereocenters. The third-order valence-corrected chi connectivity index (χ3v) is 3.75. The minimum absolute atomic E-state index is 0.239. The number of benzene rings is 1. The largest absolute Gasteiger partial charge is 0.416 e. The highest BCUT2D eigenvalue weighted by Crippen LogP contribution is 2.37. The van der Waals surface area contributed by atoms with Crippen molar-refractivity contribution in [1.29, 1.82) is 0 Å². The molecule has 2 aromatic heterocycles. The summed E-state index contributed by atoms with van der Waals surface area (Å²) in [5.74, 6) is 0.690. The number of alkyl halides is 3. The summed E-state index contributed by atoms with van der Waals surface area (Å²) in [7, 11) is 0. The van der Waals surface area contributed by atoms with Gasteiger partial charge in [-0.05, 0) is 29.7 Å². The van der Waals surface area contributed by atoms with Crippen LogP contribution in [0.25, 0.3) is 20.7 Å². The molecule has 0 radical (unpaired) electrons. The zero-order chi connectivity index (χ0) is 13.6. The van der Waals surface area contributed by atoms with Gasteiger partial charge < -0.3 is 10.3 Å². The van der Waals surface area contributed by atoms with Crippen molar-refractivity contribution in [3.05, 3.63) is 35.9 Å².